The van der Waals surface area contributed by atoms with Crippen LogP contribution < -0.4 is 4.72 Å². The number of carbonyl (C=O) groups is 1. The Hall–Kier alpha value is -2.64. The van der Waals surface area contributed by atoms with Gasteiger partial charge in [-0.1, -0.05) is 37.3 Å². The summed E-state index contributed by atoms with van der Waals surface area (Å²) in [4.78, 5) is 18.5. The van der Waals surface area contributed by atoms with Crippen molar-refractivity contribution in [2.45, 2.75) is 50.5 Å². The molecule has 6 nitrogen and oxygen atoms in total. The third kappa shape index (κ3) is 4.89. The molecular formula is C25H31N3O3S. The Kier molecular flexibility index (Phi) is 6.67. The summed E-state index contributed by atoms with van der Waals surface area (Å²) >= 11 is 0. The minimum atomic E-state index is -3.88. The van der Waals surface area contributed by atoms with Crippen molar-refractivity contribution < 1.29 is 13.2 Å². The molecule has 0 spiro atoms. The lowest BCUT2D eigenvalue weighted by Crippen LogP contribution is -2.50. The van der Waals surface area contributed by atoms with Crippen LogP contribution in [0, 0.1) is 12.8 Å². The average molecular weight is 454 g/mol. The van der Waals surface area contributed by atoms with Crippen LogP contribution in [0.15, 0.2) is 59.6 Å². The number of aromatic nitrogens is 1. The molecule has 0 saturated carbocycles. The van der Waals surface area contributed by atoms with Crippen molar-refractivity contribution in [1.29, 1.82) is 0 Å². The number of hydrogen-bond donors (Lipinski definition) is 2. The Labute approximate surface area is 190 Å². The Balaban J connectivity index is 1.59. The van der Waals surface area contributed by atoms with Gasteiger partial charge >= 0.3 is 0 Å². The number of amides is 1. The molecule has 7 heteroatoms. The fourth-order valence-electron chi connectivity index (χ4n) is 4.41. The molecule has 0 radical (unpaired) electrons. The van der Waals surface area contributed by atoms with Crippen molar-refractivity contribution in [3.63, 3.8) is 0 Å². The number of fused-ring (bicyclic) bond motifs is 1. The lowest BCUT2D eigenvalue weighted by molar-refractivity contribution is -0.134. The van der Waals surface area contributed by atoms with E-state index < -0.39 is 16.1 Å². The van der Waals surface area contributed by atoms with E-state index in [0.29, 0.717) is 37.2 Å². The number of sulfonamides is 1. The highest BCUT2D eigenvalue weighted by Gasteiger charge is 2.31. The molecule has 2 aromatic carbocycles. The Morgan fingerprint density at radius 3 is 2.62 bits per heavy atom. The van der Waals surface area contributed by atoms with Crippen LogP contribution in [0.4, 0.5) is 0 Å². The van der Waals surface area contributed by atoms with E-state index in [1.807, 2.05) is 42.2 Å². The Morgan fingerprint density at radius 1 is 1.12 bits per heavy atom. The molecule has 1 unspecified atom stereocenters. The standard InChI is InChI=1S/C25H31N3O3S/c1-18-13-16-28(17-14-18)25(29)23(11-10-20-7-4-3-6-19(20)2)27-32(30,31)24-9-5-8-22-21(24)12-15-26-22/h3-9,12,15,18,23,26-27H,10-11,13-14,16-17H2,1-2H3. The molecule has 1 aliphatic heterocycles. The highest BCUT2D eigenvalue weighted by Crippen LogP contribution is 2.24. The zero-order valence-corrected chi connectivity index (χ0v) is 19.5. The number of nitrogens with zero attached hydrogens (tertiary/aromatic N) is 1. The molecular weight excluding hydrogens is 422 g/mol. The van der Waals surface area contributed by atoms with E-state index in [4.69, 9.17) is 0 Å². The highest BCUT2D eigenvalue weighted by atomic mass is 32.2. The number of aromatic amines is 1. The molecule has 1 atom stereocenters. The number of aryl methyl sites for hydroxylation is 2. The molecule has 3 aromatic rings. The van der Waals surface area contributed by atoms with Crippen molar-refractivity contribution in [3.8, 4) is 0 Å². The second-order valence-electron chi connectivity index (χ2n) is 8.84. The highest BCUT2D eigenvalue weighted by molar-refractivity contribution is 7.89. The number of likely N-dealkylation sites (tertiary alicyclic amines) is 1. The smallest absolute Gasteiger partial charge is 0.241 e. The quantitative estimate of drug-likeness (QED) is 0.567. The molecule has 32 heavy (non-hydrogen) atoms. The van der Waals surface area contributed by atoms with Crippen molar-refractivity contribution in [1.82, 2.24) is 14.6 Å². The predicted molar refractivity (Wildman–Crippen MR) is 127 cm³/mol. The minimum Gasteiger partial charge on any atom is -0.361 e. The fraction of sp³-hybridized carbons (Fsp3) is 0.400. The molecule has 1 aliphatic rings. The molecule has 1 aromatic heterocycles. The Bertz CT molecular complexity index is 1190. The van der Waals surface area contributed by atoms with Crippen LogP contribution in [-0.4, -0.2) is 43.3 Å². The van der Waals surface area contributed by atoms with Crippen LogP contribution in [0.25, 0.3) is 10.9 Å². The van der Waals surface area contributed by atoms with Gasteiger partial charge in [0.15, 0.2) is 0 Å². The molecule has 1 saturated heterocycles. The maximum Gasteiger partial charge on any atom is 0.241 e. The van der Waals surface area contributed by atoms with Gasteiger partial charge in [-0.2, -0.15) is 4.72 Å². The first-order valence-electron chi connectivity index (χ1n) is 11.3. The molecule has 1 fully saturated rings. The summed E-state index contributed by atoms with van der Waals surface area (Å²) in [6.07, 6.45) is 4.67. The van der Waals surface area contributed by atoms with Gasteiger partial charge in [0, 0.05) is 30.2 Å². The van der Waals surface area contributed by atoms with E-state index in [0.717, 1.165) is 29.5 Å². The topological polar surface area (TPSA) is 82.3 Å². The minimum absolute atomic E-state index is 0.129. The van der Waals surface area contributed by atoms with Gasteiger partial charge in [-0.15, -0.1) is 0 Å². The van der Waals surface area contributed by atoms with E-state index in [9.17, 15) is 13.2 Å². The maximum absolute atomic E-state index is 13.4. The first-order valence-corrected chi connectivity index (χ1v) is 12.7. The van der Waals surface area contributed by atoms with Gasteiger partial charge in [0.1, 0.15) is 6.04 Å². The molecule has 170 valence electrons. The van der Waals surface area contributed by atoms with Crippen LogP contribution in [-0.2, 0) is 21.2 Å². The summed E-state index contributed by atoms with van der Waals surface area (Å²) in [5.74, 6) is 0.461. The van der Waals surface area contributed by atoms with Crippen molar-refractivity contribution in [3.05, 3.63) is 65.9 Å². The first kappa shape index (κ1) is 22.6. The first-order chi connectivity index (χ1) is 15.3. The van der Waals surface area contributed by atoms with Gasteiger partial charge in [-0.25, -0.2) is 8.42 Å². The Morgan fingerprint density at radius 2 is 1.88 bits per heavy atom. The van der Waals surface area contributed by atoms with Crippen LogP contribution >= 0.6 is 0 Å². The zero-order valence-electron chi connectivity index (χ0n) is 18.7. The van der Waals surface area contributed by atoms with Gasteiger partial charge in [0.2, 0.25) is 15.9 Å². The number of nitrogens with one attached hydrogen (secondary N) is 2. The van der Waals surface area contributed by atoms with Crippen LogP contribution in [0.1, 0.15) is 37.3 Å². The van der Waals surface area contributed by atoms with Gasteiger partial charge in [0.25, 0.3) is 0 Å². The van der Waals surface area contributed by atoms with Crippen LogP contribution in [0.5, 0.6) is 0 Å². The van der Waals surface area contributed by atoms with Crippen LogP contribution in [0.2, 0.25) is 0 Å². The summed E-state index contributed by atoms with van der Waals surface area (Å²) in [7, 11) is -3.88. The van der Waals surface area contributed by atoms with Crippen molar-refractivity contribution >= 4 is 26.8 Å². The van der Waals surface area contributed by atoms with E-state index in [1.165, 1.54) is 0 Å². The third-order valence-corrected chi connectivity index (χ3v) is 8.03. The monoisotopic (exact) mass is 453 g/mol. The molecule has 2 heterocycles. The molecule has 2 N–H and O–H groups in total. The van der Waals surface area contributed by atoms with Crippen LogP contribution in [0.3, 0.4) is 0 Å². The lowest BCUT2D eigenvalue weighted by atomic mass is 9.97. The largest absolute Gasteiger partial charge is 0.361 e. The number of hydrogen-bond acceptors (Lipinski definition) is 3. The van der Waals surface area contributed by atoms with Gasteiger partial charge < -0.3 is 9.88 Å². The number of piperidine rings is 1. The normalized spacial score (nSPS) is 16.4. The summed E-state index contributed by atoms with van der Waals surface area (Å²) in [5, 5.41) is 0.622. The summed E-state index contributed by atoms with van der Waals surface area (Å²) in [5.41, 5.74) is 3.02. The second-order valence-corrected chi connectivity index (χ2v) is 10.5. The number of carbonyl (C=O) groups excluding carboxylic acids is 1. The summed E-state index contributed by atoms with van der Waals surface area (Å²) < 4.78 is 29.5. The number of benzene rings is 2. The van der Waals surface area contributed by atoms with E-state index in [1.54, 1.807) is 24.4 Å². The average Bonchev–Trinajstić information content (AvgIpc) is 3.26. The van der Waals surface area contributed by atoms with Crippen molar-refractivity contribution in [2.75, 3.05) is 13.1 Å². The summed E-state index contributed by atoms with van der Waals surface area (Å²) in [6.45, 7) is 5.58. The molecule has 4 rings (SSSR count). The maximum atomic E-state index is 13.4. The van der Waals surface area contributed by atoms with Gasteiger partial charge in [0.05, 0.1) is 4.90 Å². The fourth-order valence-corrected chi connectivity index (χ4v) is 5.86. The van der Waals surface area contributed by atoms with E-state index in [-0.39, 0.29) is 10.8 Å². The summed E-state index contributed by atoms with van der Waals surface area (Å²) in [6, 6.07) is 14.1. The van der Waals surface area contributed by atoms with Crippen molar-refractivity contribution in [2.24, 2.45) is 5.92 Å². The predicted octanol–water partition coefficient (Wildman–Crippen LogP) is 4.01. The number of rotatable bonds is 7. The van der Waals surface area contributed by atoms with Gasteiger partial charge in [-0.3, -0.25) is 4.79 Å². The third-order valence-electron chi connectivity index (χ3n) is 6.50. The zero-order chi connectivity index (χ0) is 22.7. The van der Waals surface area contributed by atoms with E-state index in [2.05, 4.69) is 16.6 Å². The SMILES string of the molecule is Cc1ccccc1CCC(NS(=O)(=O)c1cccc2[nH]ccc12)C(=O)N1CCC(C)CC1. The van der Waals surface area contributed by atoms with Gasteiger partial charge in [-0.05, 0) is 67.9 Å². The second kappa shape index (κ2) is 9.46. The van der Waals surface area contributed by atoms with E-state index >= 15 is 0 Å². The number of H-pyrrole nitrogens is 1. The lowest BCUT2D eigenvalue weighted by Gasteiger charge is -2.33. The molecule has 0 bridgehead atoms. The molecule has 1 amide bonds. The molecule has 0 aliphatic carbocycles.